The Kier molecular flexibility index (Phi) is 70.1. The van der Waals surface area contributed by atoms with E-state index in [1.165, 1.54) is 38.5 Å². The summed E-state index contributed by atoms with van der Waals surface area (Å²) in [6, 6.07) is 0. The molecule has 0 rings (SSSR count). The van der Waals surface area contributed by atoms with E-state index in [0.717, 1.165) is 154 Å². The van der Waals surface area contributed by atoms with Gasteiger partial charge in [-0.2, -0.15) is 0 Å². The number of phosphoric ester groups is 2. The molecular formula is C83H136O17P2. The van der Waals surface area contributed by atoms with E-state index in [4.69, 9.17) is 37.0 Å². The molecule has 0 aromatic rings. The number of esters is 4. The Morgan fingerprint density at radius 2 is 0.520 bits per heavy atom. The van der Waals surface area contributed by atoms with Gasteiger partial charge in [0.1, 0.15) is 19.3 Å². The third kappa shape index (κ3) is 73.0. The summed E-state index contributed by atoms with van der Waals surface area (Å²) in [7, 11) is -9.99. The number of allylic oxidation sites excluding steroid dienone is 26. The van der Waals surface area contributed by atoms with Gasteiger partial charge in [-0.1, -0.05) is 276 Å². The molecule has 3 N–H and O–H groups in total. The van der Waals surface area contributed by atoms with Crippen LogP contribution in [0, 0.1) is 0 Å². The number of aliphatic hydroxyl groups is 1. The zero-order valence-electron chi connectivity index (χ0n) is 63.2. The summed E-state index contributed by atoms with van der Waals surface area (Å²) in [5, 5.41) is 10.6. The maximum atomic E-state index is 13.1. The predicted molar refractivity (Wildman–Crippen MR) is 417 cm³/mol. The van der Waals surface area contributed by atoms with E-state index >= 15 is 0 Å². The van der Waals surface area contributed by atoms with Crippen molar-refractivity contribution in [2.24, 2.45) is 0 Å². The van der Waals surface area contributed by atoms with Crippen LogP contribution in [0.2, 0.25) is 0 Å². The van der Waals surface area contributed by atoms with Gasteiger partial charge >= 0.3 is 39.5 Å². The molecular weight excluding hydrogens is 1330 g/mol. The lowest BCUT2D eigenvalue weighted by Crippen LogP contribution is -2.30. The minimum absolute atomic E-state index is 0.0255. The summed E-state index contributed by atoms with van der Waals surface area (Å²) in [5.74, 6) is -2.31. The maximum absolute atomic E-state index is 13.1. The molecule has 0 aliphatic rings. The van der Waals surface area contributed by atoms with E-state index in [-0.39, 0.29) is 25.7 Å². The molecule has 580 valence electrons. The Morgan fingerprint density at radius 1 is 0.284 bits per heavy atom. The van der Waals surface area contributed by atoms with E-state index in [0.29, 0.717) is 38.5 Å². The van der Waals surface area contributed by atoms with Crippen LogP contribution in [-0.4, -0.2) is 96.7 Å². The summed E-state index contributed by atoms with van der Waals surface area (Å²) in [5.41, 5.74) is 0. The van der Waals surface area contributed by atoms with E-state index in [1.807, 2.05) is 12.2 Å². The van der Waals surface area contributed by atoms with Crippen molar-refractivity contribution in [3.63, 3.8) is 0 Å². The minimum atomic E-state index is -5.00. The molecule has 0 bridgehead atoms. The van der Waals surface area contributed by atoms with Crippen LogP contribution in [0.3, 0.4) is 0 Å². The average Bonchev–Trinajstić information content (AvgIpc) is 0.944. The molecule has 0 saturated heterocycles. The van der Waals surface area contributed by atoms with Crippen molar-refractivity contribution in [3.8, 4) is 0 Å². The van der Waals surface area contributed by atoms with Gasteiger partial charge in [-0.3, -0.25) is 37.3 Å². The quantitative estimate of drug-likeness (QED) is 0.0169. The van der Waals surface area contributed by atoms with Gasteiger partial charge in [-0.25, -0.2) is 9.13 Å². The number of phosphoric acid groups is 2. The number of hydrogen-bond donors (Lipinski definition) is 3. The van der Waals surface area contributed by atoms with Crippen LogP contribution < -0.4 is 0 Å². The van der Waals surface area contributed by atoms with E-state index in [9.17, 15) is 43.2 Å². The van der Waals surface area contributed by atoms with Crippen molar-refractivity contribution < 1.29 is 80.2 Å². The number of carbonyl (C=O) groups excluding carboxylic acids is 4. The lowest BCUT2D eigenvalue weighted by atomic mass is 10.1. The number of unbranched alkanes of at least 4 members (excludes halogenated alkanes) is 19. The van der Waals surface area contributed by atoms with Crippen molar-refractivity contribution in [1.29, 1.82) is 0 Å². The summed E-state index contributed by atoms with van der Waals surface area (Å²) in [6.07, 6.45) is 85.3. The molecule has 0 aromatic carbocycles. The molecule has 0 aliphatic carbocycles. The SMILES string of the molecule is CC/C=C\C/C=C\C/C=C\C/C=C\C/C=C\CCCC(=O)OCC(COP(=O)(O)OCC(O)COP(=O)(O)OCC(COC(=O)CCCCCCCC/C=C\C/C=C\C/C=C\C/C=C\CC)OC(=O)CCCCCCCCCCCCC)OC(=O)CCCC/C=C\C/C=C\C/C=C\C/C=C\CC. The van der Waals surface area contributed by atoms with Crippen molar-refractivity contribution in [3.05, 3.63) is 158 Å². The number of carbonyl (C=O) groups is 4. The van der Waals surface area contributed by atoms with E-state index in [1.54, 1.807) is 0 Å². The summed E-state index contributed by atoms with van der Waals surface area (Å²) < 4.78 is 68.4. The van der Waals surface area contributed by atoms with Gasteiger partial charge in [0.25, 0.3) is 0 Å². The monoisotopic (exact) mass is 1470 g/mol. The third-order valence-electron chi connectivity index (χ3n) is 15.5. The lowest BCUT2D eigenvalue weighted by Gasteiger charge is -2.21. The predicted octanol–water partition coefficient (Wildman–Crippen LogP) is 22.4. The third-order valence-corrected chi connectivity index (χ3v) is 17.4. The van der Waals surface area contributed by atoms with Crippen molar-refractivity contribution in [2.45, 2.75) is 303 Å². The summed E-state index contributed by atoms with van der Waals surface area (Å²) in [4.78, 5) is 72.9. The molecule has 102 heavy (non-hydrogen) atoms. The van der Waals surface area contributed by atoms with Gasteiger partial charge < -0.3 is 33.8 Å². The Hall–Kier alpha value is -5.32. The first-order valence-corrected chi connectivity index (χ1v) is 41.7. The molecule has 0 saturated carbocycles. The van der Waals surface area contributed by atoms with Gasteiger partial charge in [0, 0.05) is 25.7 Å². The average molecular weight is 1470 g/mol. The molecule has 0 aromatic heterocycles. The summed E-state index contributed by atoms with van der Waals surface area (Å²) >= 11 is 0. The molecule has 5 unspecified atom stereocenters. The van der Waals surface area contributed by atoms with Crippen molar-refractivity contribution in [1.82, 2.24) is 0 Å². The minimum Gasteiger partial charge on any atom is -0.462 e. The normalized spacial score (nSPS) is 14.8. The highest BCUT2D eigenvalue weighted by atomic mass is 31.2. The number of aliphatic hydroxyl groups excluding tert-OH is 1. The molecule has 19 heteroatoms. The Balaban J connectivity index is 5.42. The fraction of sp³-hybridized carbons (Fsp3) is 0.639. The number of hydrogen-bond acceptors (Lipinski definition) is 15. The first kappa shape index (κ1) is 96.7. The van der Waals surface area contributed by atoms with Gasteiger partial charge in [0.2, 0.25) is 0 Å². The smallest absolute Gasteiger partial charge is 0.462 e. The molecule has 0 amide bonds. The highest BCUT2D eigenvalue weighted by Crippen LogP contribution is 2.45. The van der Waals surface area contributed by atoms with Crippen LogP contribution in [0.4, 0.5) is 0 Å². The van der Waals surface area contributed by atoms with Crippen LogP contribution in [0.5, 0.6) is 0 Å². The number of rotatable bonds is 71. The molecule has 0 fully saturated rings. The largest absolute Gasteiger partial charge is 0.472 e. The topological polar surface area (TPSA) is 237 Å². The molecule has 5 atom stereocenters. The first-order chi connectivity index (χ1) is 49.7. The zero-order chi connectivity index (χ0) is 74.6. The lowest BCUT2D eigenvalue weighted by molar-refractivity contribution is -0.161. The fourth-order valence-corrected chi connectivity index (χ4v) is 11.3. The van der Waals surface area contributed by atoms with Crippen LogP contribution in [0.25, 0.3) is 0 Å². The van der Waals surface area contributed by atoms with Gasteiger partial charge in [-0.15, -0.1) is 0 Å². The number of ether oxygens (including phenoxy) is 4. The first-order valence-electron chi connectivity index (χ1n) is 38.7. The van der Waals surface area contributed by atoms with Gasteiger partial charge in [-0.05, 0) is 141 Å². The highest BCUT2D eigenvalue weighted by molar-refractivity contribution is 7.47. The van der Waals surface area contributed by atoms with Gasteiger partial charge in [0.05, 0.1) is 26.4 Å². The van der Waals surface area contributed by atoms with Crippen LogP contribution >= 0.6 is 15.6 Å². The van der Waals surface area contributed by atoms with E-state index in [2.05, 4.69) is 174 Å². The van der Waals surface area contributed by atoms with Gasteiger partial charge in [0.15, 0.2) is 12.2 Å². The molecule has 0 aliphatic heterocycles. The highest BCUT2D eigenvalue weighted by Gasteiger charge is 2.30. The Bertz CT molecular complexity index is 2550. The fourth-order valence-electron chi connectivity index (χ4n) is 9.71. The summed E-state index contributed by atoms with van der Waals surface area (Å²) in [6.45, 7) is 4.38. The molecule has 0 heterocycles. The second-order valence-electron chi connectivity index (χ2n) is 25.2. The molecule has 17 nitrogen and oxygen atoms in total. The van der Waals surface area contributed by atoms with Crippen molar-refractivity contribution >= 4 is 39.5 Å². The second-order valence-corrected chi connectivity index (χ2v) is 28.1. The Morgan fingerprint density at radius 3 is 0.843 bits per heavy atom. The standard InChI is InChI=1S/C83H136O17P2/c1-5-9-13-17-21-25-29-32-35-37-38-40-43-45-49-52-56-60-64-68-80(85)93-73-78(99-82(87)69-65-61-57-53-47-28-24-20-16-12-8-4)75-97-101(89,90)95-71-77(84)72-96-102(91,92)98-76-79(100-83(88)70-66-62-58-54-50-46-41-34-31-27-23-19-15-11-7-3)74-94-81(86)67-63-59-55-51-48-44-42-39-36-33-30-26-22-18-14-10-6-2/h9-11,13-15,21-23,25-27,32-36,38,40-42,44,50-51,54-55,77-79,84H,5-8,12,16-20,24,28-31,37,39,43,45-49,52-53,56-76H2,1-4H3,(H,89,90)(H,91,92)/b13-9-,14-10-,15-11-,25-21-,26-22-,27-23-,35-32-,36-33-,40-38-,41-34-,44-42-,54-50-,55-51-. The van der Waals surface area contributed by atoms with Crippen LogP contribution in [0.1, 0.15) is 285 Å². The zero-order valence-corrected chi connectivity index (χ0v) is 65.0. The molecule has 0 radical (unpaired) electrons. The second kappa shape index (κ2) is 74.0. The van der Waals surface area contributed by atoms with Crippen LogP contribution in [0.15, 0.2) is 158 Å². The van der Waals surface area contributed by atoms with Crippen LogP contribution in [-0.2, 0) is 65.4 Å². The van der Waals surface area contributed by atoms with Crippen molar-refractivity contribution in [2.75, 3.05) is 39.6 Å². The maximum Gasteiger partial charge on any atom is 0.472 e. The molecule has 0 spiro atoms. The van der Waals surface area contributed by atoms with E-state index < -0.39 is 97.5 Å². The Labute approximate surface area is 617 Å².